The first kappa shape index (κ1) is 12.8. The highest BCUT2D eigenvalue weighted by Gasteiger charge is 2.13. The quantitative estimate of drug-likeness (QED) is 0.843. The summed E-state index contributed by atoms with van der Waals surface area (Å²) in [5.74, 6) is 1.50. The van der Waals surface area contributed by atoms with E-state index in [1.54, 1.807) is 28.0 Å². The van der Waals surface area contributed by atoms with E-state index in [4.69, 9.17) is 0 Å². The molecule has 0 spiro atoms. The van der Waals surface area contributed by atoms with Crippen LogP contribution in [0.5, 0.6) is 0 Å². The second kappa shape index (κ2) is 5.30. The van der Waals surface area contributed by atoms with Crippen molar-refractivity contribution >= 4 is 17.2 Å². The van der Waals surface area contributed by atoms with E-state index in [9.17, 15) is 4.79 Å². The summed E-state index contributed by atoms with van der Waals surface area (Å²) in [5.41, 5.74) is 0. The number of rotatable bonds is 4. The lowest BCUT2D eigenvalue weighted by molar-refractivity contribution is -0.131. The molecule has 0 atom stereocenters. The van der Waals surface area contributed by atoms with Crippen molar-refractivity contribution in [1.29, 1.82) is 0 Å². The van der Waals surface area contributed by atoms with Gasteiger partial charge in [-0.3, -0.25) is 4.79 Å². The number of likely N-dealkylation sites (N-methyl/N-ethyl adjacent to an activating group) is 1. The Morgan fingerprint density at radius 2 is 2.28 bits per heavy atom. The second-order valence-electron chi connectivity index (χ2n) is 4.19. The van der Waals surface area contributed by atoms with Crippen LogP contribution in [0.25, 0.3) is 0 Å². The largest absolute Gasteiger partial charge is 0.339 e. The molecule has 5 nitrogen and oxygen atoms in total. The van der Waals surface area contributed by atoms with Gasteiger partial charge < -0.3 is 4.90 Å². The van der Waals surface area contributed by atoms with Crippen LogP contribution >= 0.6 is 11.3 Å². The molecule has 2 aromatic heterocycles. The molecule has 96 valence electrons. The minimum Gasteiger partial charge on any atom is -0.339 e. The molecule has 0 bridgehead atoms. The first-order valence-electron chi connectivity index (χ1n) is 5.70. The average molecular weight is 264 g/mol. The van der Waals surface area contributed by atoms with E-state index in [2.05, 4.69) is 10.1 Å². The van der Waals surface area contributed by atoms with Gasteiger partial charge in [-0.15, -0.1) is 11.3 Å². The summed E-state index contributed by atoms with van der Waals surface area (Å²) in [7, 11) is 1.81. The number of carbonyl (C=O) groups is 1. The van der Waals surface area contributed by atoms with Gasteiger partial charge in [0, 0.05) is 11.9 Å². The van der Waals surface area contributed by atoms with Crippen molar-refractivity contribution in [2.24, 2.45) is 0 Å². The molecule has 0 aromatic carbocycles. The molecular formula is C12H16N4OS. The number of aryl methyl sites for hydroxylation is 2. The fourth-order valence-electron chi connectivity index (χ4n) is 1.68. The molecule has 0 aliphatic heterocycles. The van der Waals surface area contributed by atoms with E-state index in [0.29, 0.717) is 12.4 Å². The Labute approximate surface area is 110 Å². The molecule has 6 heteroatoms. The number of carbonyl (C=O) groups excluding carboxylic acids is 1. The third-order valence-corrected chi connectivity index (χ3v) is 3.51. The third kappa shape index (κ3) is 2.95. The SMILES string of the molecule is Cc1nc(C)n(CC(=O)N(C)Cc2cccs2)n1. The summed E-state index contributed by atoms with van der Waals surface area (Å²) in [6, 6.07) is 4.02. The summed E-state index contributed by atoms with van der Waals surface area (Å²) in [6.45, 7) is 4.56. The highest BCUT2D eigenvalue weighted by atomic mass is 32.1. The zero-order valence-electron chi connectivity index (χ0n) is 10.8. The van der Waals surface area contributed by atoms with Gasteiger partial charge >= 0.3 is 0 Å². The summed E-state index contributed by atoms with van der Waals surface area (Å²) < 4.78 is 1.64. The van der Waals surface area contributed by atoms with Gasteiger partial charge in [-0.05, 0) is 25.3 Å². The summed E-state index contributed by atoms with van der Waals surface area (Å²) in [5, 5.41) is 6.20. The van der Waals surface area contributed by atoms with Crippen molar-refractivity contribution in [3.05, 3.63) is 34.0 Å². The van der Waals surface area contributed by atoms with Gasteiger partial charge in [-0.2, -0.15) is 5.10 Å². The minimum atomic E-state index is 0.0383. The van der Waals surface area contributed by atoms with Crippen molar-refractivity contribution < 1.29 is 4.79 Å². The molecule has 1 amide bonds. The first-order valence-corrected chi connectivity index (χ1v) is 6.58. The van der Waals surface area contributed by atoms with E-state index in [0.717, 1.165) is 5.82 Å². The van der Waals surface area contributed by atoms with E-state index >= 15 is 0 Å². The lowest BCUT2D eigenvalue weighted by Gasteiger charge is -2.16. The smallest absolute Gasteiger partial charge is 0.244 e. The van der Waals surface area contributed by atoms with Crippen LogP contribution in [-0.2, 0) is 17.9 Å². The average Bonchev–Trinajstić information content (AvgIpc) is 2.89. The van der Waals surface area contributed by atoms with Crippen LogP contribution < -0.4 is 0 Å². The Bertz CT molecular complexity index is 532. The van der Waals surface area contributed by atoms with E-state index < -0.39 is 0 Å². The predicted molar refractivity (Wildman–Crippen MR) is 70.3 cm³/mol. The van der Waals surface area contributed by atoms with Crippen molar-refractivity contribution in [2.75, 3.05) is 7.05 Å². The zero-order chi connectivity index (χ0) is 13.1. The van der Waals surface area contributed by atoms with E-state index in [1.165, 1.54) is 4.88 Å². The van der Waals surface area contributed by atoms with Crippen LogP contribution in [0.1, 0.15) is 16.5 Å². The normalized spacial score (nSPS) is 10.6. The molecule has 0 saturated heterocycles. The molecule has 0 radical (unpaired) electrons. The van der Waals surface area contributed by atoms with Gasteiger partial charge in [-0.25, -0.2) is 9.67 Å². The fraction of sp³-hybridized carbons (Fsp3) is 0.417. The van der Waals surface area contributed by atoms with Gasteiger partial charge in [0.05, 0.1) is 6.54 Å². The molecule has 0 saturated carbocycles. The van der Waals surface area contributed by atoms with Crippen LogP contribution in [0.15, 0.2) is 17.5 Å². The maximum Gasteiger partial charge on any atom is 0.244 e. The van der Waals surface area contributed by atoms with Gasteiger partial charge in [0.1, 0.15) is 18.2 Å². The molecule has 0 fully saturated rings. The van der Waals surface area contributed by atoms with Crippen molar-refractivity contribution in [3.8, 4) is 0 Å². The van der Waals surface area contributed by atoms with Crippen molar-refractivity contribution in [3.63, 3.8) is 0 Å². The maximum absolute atomic E-state index is 12.0. The van der Waals surface area contributed by atoms with Crippen LogP contribution in [0, 0.1) is 13.8 Å². The molecule has 2 aromatic rings. The number of thiophene rings is 1. The summed E-state index contributed by atoms with van der Waals surface area (Å²) >= 11 is 1.65. The van der Waals surface area contributed by atoms with Crippen LogP contribution in [0.3, 0.4) is 0 Å². The van der Waals surface area contributed by atoms with Crippen molar-refractivity contribution in [2.45, 2.75) is 26.9 Å². The van der Waals surface area contributed by atoms with Crippen LogP contribution in [0.2, 0.25) is 0 Å². The molecule has 0 unspecified atom stereocenters. The Morgan fingerprint density at radius 1 is 1.50 bits per heavy atom. The number of aromatic nitrogens is 3. The van der Waals surface area contributed by atoms with E-state index in [-0.39, 0.29) is 12.5 Å². The third-order valence-electron chi connectivity index (χ3n) is 2.65. The molecular weight excluding hydrogens is 248 g/mol. The standard InChI is InChI=1S/C12H16N4OS/c1-9-13-10(2)16(14-9)8-12(17)15(3)7-11-5-4-6-18-11/h4-6H,7-8H2,1-3H3. The lowest BCUT2D eigenvalue weighted by Crippen LogP contribution is -2.30. The lowest BCUT2D eigenvalue weighted by atomic mass is 10.4. The van der Waals surface area contributed by atoms with Gasteiger partial charge in [0.2, 0.25) is 5.91 Å². The highest BCUT2D eigenvalue weighted by Crippen LogP contribution is 2.11. The van der Waals surface area contributed by atoms with Gasteiger partial charge in [0.15, 0.2) is 0 Å². The first-order chi connectivity index (χ1) is 8.56. The van der Waals surface area contributed by atoms with Crippen LogP contribution in [-0.4, -0.2) is 32.6 Å². The number of hydrogen-bond acceptors (Lipinski definition) is 4. The molecule has 2 rings (SSSR count). The Kier molecular flexibility index (Phi) is 3.76. The maximum atomic E-state index is 12.0. The monoisotopic (exact) mass is 264 g/mol. The Balaban J connectivity index is 1.97. The number of amides is 1. The fourth-order valence-corrected chi connectivity index (χ4v) is 2.44. The predicted octanol–water partition coefficient (Wildman–Crippen LogP) is 1.62. The van der Waals surface area contributed by atoms with Crippen molar-refractivity contribution in [1.82, 2.24) is 19.7 Å². The zero-order valence-corrected chi connectivity index (χ0v) is 11.6. The van der Waals surface area contributed by atoms with Gasteiger partial charge in [-0.1, -0.05) is 6.07 Å². The summed E-state index contributed by atoms with van der Waals surface area (Å²) in [6.07, 6.45) is 0. The summed E-state index contributed by atoms with van der Waals surface area (Å²) in [4.78, 5) is 19.1. The molecule has 0 aliphatic rings. The molecule has 0 aliphatic carbocycles. The molecule has 2 heterocycles. The Hall–Kier alpha value is -1.69. The molecule has 0 N–H and O–H groups in total. The molecule has 18 heavy (non-hydrogen) atoms. The highest BCUT2D eigenvalue weighted by molar-refractivity contribution is 7.09. The second-order valence-corrected chi connectivity index (χ2v) is 5.23. The van der Waals surface area contributed by atoms with E-state index in [1.807, 2.05) is 31.4 Å². The number of nitrogens with zero attached hydrogens (tertiary/aromatic N) is 4. The number of hydrogen-bond donors (Lipinski definition) is 0. The minimum absolute atomic E-state index is 0.0383. The topological polar surface area (TPSA) is 51.0 Å². The van der Waals surface area contributed by atoms with Gasteiger partial charge in [0.25, 0.3) is 0 Å². The Morgan fingerprint density at radius 3 is 2.83 bits per heavy atom. The van der Waals surface area contributed by atoms with Crippen LogP contribution in [0.4, 0.5) is 0 Å².